The second-order valence-corrected chi connectivity index (χ2v) is 8.18. The van der Waals surface area contributed by atoms with Crippen LogP contribution in [0, 0.1) is 5.92 Å². The molecule has 2 aromatic rings. The van der Waals surface area contributed by atoms with E-state index in [0.717, 1.165) is 29.1 Å². The van der Waals surface area contributed by atoms with Crippen LogP contribution in [0.5, 0.6) is 17.2 Å². The maximum Gasteiger partial charge on any atom is 0.126 e. The van der Waals surface area contributed by atoms with E-state index in [-0.39, 0.29) is 16.7 Å². The monoisotopic (exact) mass is 381 g/mol. The summed E-state index contributed by atoms with van der Waals surface area (Å²) in [6.07, 6.45) is -0.811. The minimum absolute atomic E-state index is 0.0743. The molecule has 3 N–H and O–H groups in total. The van der Waals surface area contributed by atoms with E-state index in [2.05, 4.69) is 13.8 Å². The first-order valence-corrected chi connectivity index (χ1v) is 9.26. The number of anilines is 1. The zero-order valence-corrected chi connectivity index (χ0v) is 16.0. The van der Waals surface area contributed by atoms with Gasteiger partial charge in [0.1, 0.15) is 17.2 Å². The molecule has 2 aromatic carbocycles. The van der Waals surface area contributed by atoms with Gasteiger partial charge >= 0.3 is 0 Å². The highest BCUT2D eigenvalue weighted by Crippen LogP contribution is 2.51. The molecular formula is C22H23NO5-2. The highest BCUT2D eigenvalue weighted by atomic mass is 16.3. The lowest BCUT2D eigenvalue weighted by Crippen LogP contribution is -2.64. The molecule has 28 heavy (non-hydrogen) atoms. The lowest BCUT2D eigenvalue weighted by Gasteiger charge is -2.61. The predicted molar refractivity (Wildman–Crippen MR) is 101 cm³/mol. The number of hydrogen-bond donors (Lipinski definition) is 3. The number of likely N-dealkylation sites (N-methyl/N-ethyl adjacent to an activating group) is 1. The number of rotatable bonds is 2. The maximum absolute atomic E-state index is 12.9. The van der Waals surface area contributed by atoms with Gasteiger partial charge in [-0.05, 0) is 23.5 Å². The van der Waals surface area contributed by atoms with Gasteiger partial charge in [-0.25, -0.2) is 0 Å². The normalized spacial score (nSPS) is 29.6. The molecule has 4 rings (SSSR count). The molecular weight excluding hydrogens is 358 g/mol. The first-order valence-electron chi connectivity index (χ1n) is 9.26. The Morgan fingerprint density at radius 2 is 1.57 bits per heavy atom. The summed E-state index contributed by atoms with van der Waals surface area (Å²) in [4.78, 5) is 2.01. The third-order valence-corrected chi connectivity index (χ3v) is 6.21. The van der Waals surface area contributed by atoms with Crippen molar-refractivity contribution >= 4 is 5.69 Å². The number of phenolic OH excluding ortho intramolecular Hbond substituents is 3. The molecule has 2 aliphatic rings. The van der Waals surface area contributed by atoms with Crippen molar-refractivity contribution in [1.29, 1.82) is 0 Å². The molecule has 0 amide bonds. The van der Waals surface area contributed by atoms with Gasteiger partial charge in [-0.1, -0.05) is 38.1 Å². The number of hydrogen-bond acceptors (Lipinski definition) is 6. The van der Waals surface area contributed by atoms with Crippen molar-refractivity contribution in [2.45, 2.75) is 37.4 Å². The lowest BCUT2D eigenvalue weighted by molar-refractivity contribution is -0.543. The van der Waals surface area contributed by atoms with Gasteiger partial charge in [0.2, 0.25) is 0 Å². The Hall–Kier alpha value is -2.70. The largest absolute Gasteiger partial charge is 0.851 e. The van der Waals surface area contributed by atoms with E-state index in [1.807, 2.05) is 36.2 Å². The van der Waals surface area contributed by atoms with Crippen molar-refractivity contribution in [3.63, 3.8) is 0 Å². The standard InChI is InChI=1S/C22H23NO5/c1-22(2)13-6-4-5-7-14(13)23(3)17(22)10-12-20(27)19(21(12)28)18-15(25)8-11(24)9-16(18)26/h4-10,12,19-21,24-26H,1-3H3/q-2. The van der Waals surface area contributed by atoms with Gasteiger partial charge in [-0.15, -0.1) is 12.2 Å². The van der Waals surface area contributed by atoms with E-state index in [4.69, 9.17) is 0 Å². The number of aromatic hydroxyl groups is 3. The van der Waals surface area contributed by atoms with Crippen LogP contribution in [-0.2, 0) is 5.41 Å². The summed E-state index contributed by atoms with van der Waals surface area (Å²) in [5.41, 5.74) is 2.68. The van der Waals surface area contributed by atoms with E-state index < -0.39 is 35.5 Å². The first kappa shape index (κ1) is 18.7. The summed E-state index contributed by atoms with van der Waals surface area (Å²) < 4.78 is 0. The molecule has 2 unspecified atom stereocenters. The van der Waals surface area contributed by atoms with Gasteiger partial charge in [-0.3, -0.25) is 0 Å². The van der Waals surface area contributed by atoms with Crippen molar-refractivity contribution in [2.75, 3.05) is 11.9 Å². The Morgan fingerprint density at radius 1 is 1.00 bits per heavy atom. The molecule has 0 aromatic heterocycles. The highest BCUT2D eigenvalue weighted by molar-refractivity contribution is 5.70. The van der Waals surface area contributed by atoms with Crippen LogP contribution in [0.2, 0.25) is 0 Å². The molecule has 0 saturated heterocycles. The fraction of sp³-hybridized carbons (Fsp3) is 0.364. The Balaban J connectivity index is 1.67. The van der Waals surface area contributed by atoms with Gasteiger partial charge in [0, 0.05) is 41.5 Å². The predicted octanol–water partition coefficient (Wildman–Crippen LogP) is 1.29. The van der Waals surface area contributed by atoms with Crippen molar-refractivity contribution < 1.29 is 25.5 Å². The quantitative estimate of drug-likeness (QED) is 0.723. The zero-order valence-electron chi connectivity index (χ0n) is 16.0. The lowest BCUT2D eigenvalue weighted by atomic mass is 9.64. The molecule has 0 bridgehead atoms. The number of benzene rings is 2. The van der Waals surface area contributed by atoms with E-state index >= 15 is 0 Å². The second-order valence-electron chi connectivity index (χ2n) is 8.18. The van der Waals surface area contributed by atoms with Gasteiger partial charge in [0.05, 0.1) is 0 Å². The first-order chi connectivity index (χ1) is 13.1. The van der Waals surface area contributed by atoms with Crippen molar-refractivity contribution in [2.24, 2.45) is 5.92 Å². The Bertz CT molecular complexity index is 934. The minimum Gasteiger partial charge on any atom is -0.851 e. The van der Waals surface area contributed by atoms with Crippen molar-refractivity contribution in [3.05, 3.63) is 59.3 Å². The van der Waals surface area contributed by atoms with Gasteiger partial charge in [0.15, 0.2) is 0 Å². The zero-order chi connectivity index (χ0) is 20.4. The molecule has 1 aliphatic carbocycles. The molecule has 6 heteroatoms. The average molecular weight is 381 g/mol. The summed E-state index contributed by atoms with van der Waals surface area (Å²) in [6.45, 7) is 4.13. The number of fused-ring (bicyclic) bond motifs is 1. The van der Waals surface area contributed by atoms with E-state index in [9.17, 15) is 25.5 Å². The van der Waals surface area contributed by atoms with E-state index in [1.165, 1.54) is 0 Å². The summed E-state index contributed by atoms with van der Waals surface area (Å²) in [5, 5.41) is 55.3. The summed E-state index contributed by atoms with van der Waals surface area (Å²) >= 11 is 0. The Morgan fingerprint density at radius 3 is 2.14 bits per heavy atom. The summed E-state index contributed by atoms with van der Waals surface area (Å²) in [6, 6.07) is 10.1. The van der Waals surface area contributed by atoms with Crippen LogP contribution in [0.25, 0.3) is 0 Å². The Labute approximate surface area is 163 Å². The molecule has 1 fully saturated rings. The molecule has 1 saturated carbocycles. The third kappa shape index (κ3) is 2.48. The van der Waals surface area contributed by atoms with Gasteiger partial charge < -0.3 is 30.4 Å². The van der Waals surface area contributed by atoms with Crippen LogP contribution in [0.15, 0.2) is 48.2 Å². The second kappa shape index (κ2) is 6.15. The molecule has 148 valence electrons. The van der Waals surface area contributed by atoms with Crippen LogP contribution in [0.4, 0.5) is 5.69 Å². The molecule has 0 radical (unpaired) electrons. The molecule has 0 spiro atoms. The van der Waals surface area contributed by atoms with Crippen LogP contribution in [0.3, 0.4) is 0 Å². The SMILES string of the molecule is CN1C(=CC2C([O-])C(c3c(O)cc(O)cc3O)C2[O-])C(C)(C)c2ccccc21. The number of allylic oxidation sites excluding steroid dienone is 1. The van der Waals surface area contributed by atoms with Crippen LogP contribution < -0.4 is 15.1 Å². The number of para-hydroxylation sites is 1. The van der Waals surface area contributed by atoms with Crippen LogP contribution >= 0.6 is 0 Å². The topological polar surface area (TPSA) is 110 Å². The van der Waals surface area contributed by atoms with Crippen molar-refractivity contribution in [1.82, 2.24) is 0 Å². The van der Waals surface area contributed by atoms with Crippen LogP contribution in [0.1, 0.15) is 30.9 Å². The van der Waals surface area contributed by atoms with Gasteiger partial charge in [-0.2, -0.15) is 0 Å². The summed E-state index contributed by atoms with van der Waals surface area (Å²) in [7, 11) is 1.92. The third-order valence-electron chi connectivity index (χ3n) is 6.21. The van der Waals surface area contributed by atoms with Crippen LogP contribution in [-0.4, -0.2) is 34.6 Å². The summed E-state index contributed by atoms with van der Waals surface area (Å²) in [5.74, 6) is -3.00. The maximum atomic E-state index is 12.9. The average Bonchev–Trinajstić information content (AvgIpc) is 2.82. The Kier molecular flexibility index (Phi) is 4.10. The van der Waals surface area contributed by atoms with E-state index in [1.54, 1.807) is 6.08 Å². The molecule has 2 atom stereocenters. The molecule has 1 aliphatic heterocycles. The van der Waals surface area contributed by atoms with Gasteiger partial charge in [0.25, 0.3) is 0 Å². The van der Waals surface area contributed by atoms with Crippen molar-refractivity contribution in [3.8, 4) is 17.2 Å². The van der Waals surface area contributed by atoms with E-state index in [0.29, 0.717) is 0 Å². The molecule has 6 nitrogen and oxygen atoms in total. The highest BCUT2D eigenvalue weighted by Gasteiger charge is 2.43. The smallest absolute Gasteiger partial charge is 0.126 e. The number of phenols is 3. The number of nitrogens with zero attached hydrogens (tertiary/aromatic N) is 1. The fourth-order valence-electron chi connectivity index (χ4n) is 4.66. The fourth-order valence-corrected chi connectivity index (χ4v) is 4.66. The minimum atomic E-state index is -1.29. The molecule has 1 heterocycles.